The van der Waals surface area contributed by atoms with Crippen molar-refractivity contribution < 1.29 is 18.0 Å². The molecule has 28 heavy (non-hydrogen) atoms. The van der Waals surface area contributed by atoms with Gasteiger partial charge < -0.3 is 5.32 Å². The summed E-state index contributed by atoms with van der Waals surface area (Å²) in [6.45, 7) is 1.90. The molecule has 0 bridgehead atoms. The van der Waals surface area contributed by atoms with Crippen molar-refractivity contribution in [1.82, 2.24) is 4.31 Å². The molecule has 6 nitrogen and oxygen atoms in total. The fourth-order valence-corrected chi connectivity index (χ4v) is 4.90. The number of amides is 1. The summed E-state index contributed by atoms with van der Waals surface area (Å²) in [4.78, 5) is 24.1. The maximum Gasteiger partial charge on any atom is 0.243 e. The summed E-state index contributed by atoms with van der Waals surface area (Å²) >= 11 is 5.93. The Morgan fingerprint density at radius 3 is 2.39 bits per heavy atom. The monoisotopic (exact) mass is 420 g/mol. The molecule has 0 unspecified atom stereocenters. The second-order valence-electron chi connectivity index (χ2n) is 6.76. The second kappa shape index (κ2) is 8.43. The van der Waals surface area contributed by atoms with Gasteiger partial charge in [0.1, 0.15) is 0 Å². The molecule has 8 heteroatoms. The molecular formula is C20H21ClN2O4S. The van der Waals surface area contributed by atoms with Gasteiger partial charge in [0.2, 0.25) is 15.9 Å². The quantitative estimate of drug-likeness (QED) is 0.749. The lowest BCUT2D eigenvalue weighted by molar-refractivity contribution is -0.120. The third kappa shape index (κ3) is 4.60. The highest BCUT2D eigenvalue weighted by molar-refractivity contribution is 7.89. The molecule has 3 rings (SSSR count). The van der Waals surface area contributed by atoms with E-state index in [2.05, 4.69) is 5.32 Å². The average molecular weight is 421 g/mol. The Balaban J connectivity index is 1.65. The number of sulfonamides is 1. The largest absolute Gasteiger partial charge is 0.326 e. The molecule has 0 radical (unpaired) electrons. The van der Waals surface area contributed by atoms with Crippen molar-refractivity contribution in [3.8, 4) is 0 Å². The lowest BCUT2D eigenvalue weighted by Crippen LogP contribution is -2.41. The van der Waals surface area contributed by atoms with Crippen LogP contribution in [0.4, 0.5) is 5.69 Å². The Kier molecular flexibility index (Phi) is 6.17. The number of carbonyl (C=O) groups excluding carboxylic acids is 2. The third-order valence-corrected chi connectivity index (χ3v) is 6.92. The van der Waals surface area contributed by atoms with Gasteiger partial charge in [-0.2, -0.15) is 4.31 Å². The number of nitrogens with zero attached hydrogens (tertiary/aromatic N) is 1. The van der Waals surface area contributed by atoms with E-state index in [9.17, 15) is 18.0 Å². The Labute approximate surface area is 169 Å². The molecule has 0 aromatic heterocycles. The molecule has 2 aromatic carbocycles. The number of halogens is 1. The summed E-state index contributed by atoms with van der Waals surface area (Å²) in [5, 5.41) is 3.36. The Hall–Kier alpha value is -2.22. The van der Waals surface area contributed by atoms with Gasteiger partial charge in [-0.15, -0.1) is 0 Å². The predicted octanol–water partition coefficient (Wildman–Crippen LogP) is 3.58. The van der Waals surface area contributed by atoms with Crippen molar-refractivity contribution in [2.45, 2.75) is 24.7 Å². The molecule has 0 spiro atoms. The SMILES string of the molecule is CC(=O)c1cccc(S(=O)(=O)N2CCC(C(=O)Nc3cccc(Cl)c3)CC2)c1. The van der Waals surface area contributed by atoms with Crippen LogP contribution in [0.15, 0.2) is 53.4 Å². The molecule has 1 fully saturated rings. The number of ketones is 1. The lowest BCUT2D eigenvalue weighted by atomic mass is 9.97. The van der Waals surface area contributed by atoms with Gasteiger partial charge >= 0.3 is 0 Å². The zero-order chi connectivity index (χ0) is 20.3. The van der Waals surface area contributed by atoms with Gasteiger partial charge in [-0.1, -0.05) is 29.8 Å². The van der Waals surface area contributed by atoms with Crippen LogP contribution in [-0.2, 0) is 14.8 Å². The van der Waals surface area contributed by atoms with E-state index in [0.29, 0.717) is 29.1 Å². The zero-order valence-electron chi connectivity index (χ0n) is 15.4. The smallest absolute Gasteiger partial charge is 0.243 e. The molecule has 148 valence electrons. The fraction of sp³-hybridized carbons (Fsp3) is 0.300. The van der Waals surface area contributed by atoms with Crippen molar-refractivity contribution in [2.24, 2.45) is 5.92 Å². The van der Waals surface area contributed by atoms with Gasteiger partial charge in [0.25, 0.3) is 0 Å². The van der Waals surface area contributed by atoms with Crippen molar-refractivity contribution >= 4 is 39.0 Å². The minimum Gasteiger partial charge on any atom is -0.326 e. The summed E-state index contributed by atoms with van der Waals surface area (Å²) in [6.07, 6.45) is 0.857. The summed E-state index contributed by atoms with van der Waals surface area (Å²) in [5.74, 6) is -0.597. The number of carbonyl (C=O) groups is 2. The molecule has 1 aliphatic rings. The van der Waals surface area contributed by atoms with E-state index >= 15 is 0 Å². The molecule has 2 aromatic rings. The van der Waals surface area contributed by atoms with E-state index in [-0.39, 0.29) is 35.6 Å². The van der Waals surface area contributed by atoms with Crippen LogP contribution in [0.3, 0.4) is 0 Å². The molecule has 1 amide bonds. The van der Waals surface area contributed by atoms with E-state index in [1.54, 1.807) is 36.4 Å². The molecule has 0 aliphatic carbocycles. The van der Waals surface area contributed by atoms with Gasteiger partial charge in [0.15, 0.2) is 5.78 Å². The maximum atomic E-state index is 12.9. The number of hydrogen-bond acceptors (Lipinski definition) is 4. The standard InChI is InChI=1S/C20H21ClN2O4S/c1-14(24)16-4-2-7-19(12-16)28(26,27)23-10-8-15(9-11-23)20(25)22-18-6-3-5-17(21)13-18/h2-7,12-13,15H,8-11H2,1H3,(H,22,25). The van der Waals surface area contributed by atoms with Crippen LogP contribution in [0, 0.1) is 5.92 Å². The van der Waals surface area contributed by atoms with Crippen molar-refractivity contribution in [2.75, 3.05) is 18.4 Å². The van der Waals surface area contributed by atoms with Gasteiger partial charge in [-0.3, -0.25) is 9.59 Å². The highest BCUT2D eigenvalue weighted by Gasteiger charge is 2.32. The van der Waals surface area contributed by atoms with E-state index in [1.165, 1.54) is 23.4 Å². The molecule has 0 saturated carbocycles. The topological polar surface area (TPSA) is 83.6 Å². The number of Topliss-reactive ketones (excluding diaryl/α,β-unsaturated/α-hetero) is 1. The second-order valence-corrected chi connectivity index (χ2v) is 9.14. The first kappa shape index (κ1) is 20.5. The highest BCUT2D eigenvalue weighted by atomic mass is 35.5. The van der Waals surface area contributed by atoms with Crippen molar-refractivity contribution in [3.05, 3.63) is 59.1 Å². The first-order chi connectivity index (χ1) is 13.3. The fourth-order valence-electron chi connectivity index (χ4n) is 3.19. The highest BCUT2D eigenvalue weighted by Crippen LogP contribution is 2.26. The van der Waals surface area contributed by atoms with Crippen LogP contribution < -0.4 is 5.32 Å². The van der Waals surface area contributed by atoms with Crippen LogP contribution in [-0.4, -0.2) is 37.5 Å². The Morgan fingerprint density at radius 2 is 1.75 bits per heavy atom. The summed E-state index contributed by atoms with van der Waals surface area (Å²) < 4.78 is 27.1. The molecule has 1 N–H and O–H groups in total. The van der Waals surface area contributed by atoms with Gasteiger partial charge in [0, 0.05) is 35.3 Å². The van der Waals surface area contributed by atoms with Gasteiger partial charge in [0.05, 0.1) is 4.90 Å². The first-order valence-electron chi connectivity index (χ1n) is 8.95. The van der Waals surface area contributed by atoms with Crippen LogP contribution in [0.25, 0.3) is 0 Å². The normalized spacial score (nSPS) is 15.9. The molecular weight excluding hydrogens is 400 g/mol. The third-order valence-electron chi connectivity index (χ3n) is 4.80. The van der Waals surface area contributed by atoms with Gasteiger partial charge in [-0.25, -0.2) is 8.42 Å². The van der Waals surface area contributed by atoms with E-state index in [0.717, 1.165) is 0 Å². The van der Waals surface area contributed by atoms with E-state index in [4.69, 9.17) is 11.6 Å². The Bertz CT molecular complexity index is 999. The molecule has 1 heterocycles. The maximum absolute atomic E-state index is 12.9. The summed E-state index contributed by atoms with van der Waals surface area (Å²) in [5.41, 5.74) is 0.977. The molecule has 0 atom stereocenters. The van der Waals surface area contributed by atoms with E-state index in [1.807, 2.05) is 0 Å². The number of anilines is 1. The number of hydrogen-bond donors (Lipinski definition) is 1. The number of piperidine rings is 1. The van der Waals surface area contributed by atoms with Crippen molar-refractivity contribution in [1.29, 1.82) is 0 Å². The van der Waals surface area contributed by atoms with Gasteiger partial charge in [-0.05, 0) is 50.1 Å². The summed E-state index contributed by atoms with van der Waals surface area (Å²) in [6, 6.07) is 12.9. The number of benzene rings is 2. The van der Waals surface area contributed by atoms with Crippen molar-refractivity contribution in [3.63, 3.8) is 0 Å². The number of rotatable bonds is 5. The van der Waals surface area contributed by atoms with Crippen LogP contribution in [0.5, 0.6) is 0 Å². The van der Waals surface area contributed by atoms with Crippen LogP contribution in [0.1, 0.15) is 30.1 Å². The minimum atomic E-state index is -3.70. The molecule has 1 aliphatic heterocycles. The Morgan fingerprint density at radius 1 is 1.07 bits per heavy atom. The average Bonchev–Trinajstić information content (AvgIpc) is 2.68. The number of nitrogens with one attached hydrogen (secondary N) is 1. The minimum absolute atomic E-state index is 0.0991. The zero-order valence-corrected chi connectivity index (χ0v) is 17.0. The van der Waals surface area contributed by atoms with E-state index < -0.39 is 10.0 Å². The van der Waals surface area contributed by atoms with Crippen LogP contribution in [0.2, 0.25) is 5.02 Å². The first-order valence-corrected chi connectivity index (χ1v) is 10.8. The lowest BCUT2D eigenvalue weighted by Gasteiger charge is -2.30. The summed E-state index contributed by atoms with van der Waals surface area (Å²) in [7, 11) is -3.70. The predicted molar refractivity (Wildman–Crippen MR) is 108 cm³/mol. The van der Waals surface area contributed by atoms with Crippen LogP contribution >= 0.6 is 11.6 Å². The molecule has 1 saturated heterocycles.